The number of hydrogen-bond acceptors (Lipinski definition) is 6. The number of morpholine rings is 1. The minimum atomic E-state index is -0.218. The third-order valence-corrected chi connectivity index (χ3v) is 4.36. The Kier molecular flexibility index (Phi) is 7.22. The predicted molar refractivity (Wildman–Crippen MR) is 110 cm³/mol. The van der Waals surface area contributed by atoms with E-state index in [1.54, 1.807) is 12.4 Å². The number of hydrogen-bond donors (Lipinski definition) is 2. The lowest BCUT2D eigenvalue weighted by Crippen LogP contribution is -2.39. The Morgan fingerprint density at radius 1 is 1.25 bits per heavy atom. The van der Waals surface area contributed by atoms with Crippen LogP contribution < -0.4 is 15.4 Å². The fraction of sp³-hybridized carbons (Fsp3) is 0.429. The zero-order valence-corrected chi connectivity index (χ0v) is 16.5. The van der Waals surface area contributed by atoms with Gasteiger partial charge >= 0.3 is 0 Å². The lowest BCUT2D eigenvalue weighted by molar-refractivity contribution is 0.0398. The number of carbonyl (C=O) groups is 1. The number of para-hydroxylation sites is 2. The topological polar surface area (TPSA) is 75.7 Å². The maximum atomic E-state index is 12.7. The number of nitrogens with one attached hydrogen (secondary N) is 2. The van der Waals surface area contributed by atoms with Gasteiger partial charge in [-0.15, -0.1) is 0 Å². The summed E-state index contributed by atoms with van der Waals surface area (Å²) >= 11 is 0. The van der Waals surface area contributed by atoms with Gasteiger partial charge in [0.2, 0.25) is 0 Å². The second kappa shape index (κ2) is 10.1. The van der Waals surface area contributed by atoms with Gasteiger partial charge in [0.1, 0.15) is 5.75 Å². The molecule has 2 N–H and O–H groups in total. The Morgan fingerprint density at radius 3 is 2.82 bits per heavy atom. The van der Waals surface area contributed by atoms with E-state index in [1.165, 1.54) is 0 Å². The molecule has 1 aliphatic rings. The summed E-state index contributed by atoms with van der Waals surface area (Å²) in [6.45, 7) is 9.12. The van der Waals surface area contributed by atoms with Gasteiger partial charge in [-0.2, -0.15) is 0 Å². The van der Waals surface area contributed by atoms with Gasteiger partial charge in [-0.3, -0.25) is 14.7 Å². The van der Waals surface area contributed by atoms with Crippen LogP contribution in [0.15, 0.2) is 42.7 Å². The van der Waals surface area contributed by atoms with Crippen molar-refractivity contribution in [2.24, 2.45) is 0 Å². The average Bonchev–Trinajstić information content (AvgIpc) is 2.70. The van der Waals surface area contributed by atoms with Gasteiger partial charge in [-0.25, -0.2) is 0 Å². The fourth-order valence-electron chi connectivity index (χ4n) is 2.97. The maximum absolute atomic E-state index is 12.7. The molecule has 0 saturated carbocycles. The molecule has 1 aliphatic heterocycles. The van der Waals surface area contributed by atoms with Crippen LogP contribution >= 0.6 is 0 Å². The molecule has 1 aromatic heterocycles. The highest BCUT2D eigenvalue weighted by atomic mass is 16.5. The van der Waals surface area contributed by atoms with Gasteiger partial charge in [0.05, 0.1) is 36.3 Å². The minimum Gasteiger partial charge on any atom is -0.489 e. The van der Waals surface area contributed by atoms with Gasteiger partial charge in [0, 0.05) is 38.6 Å². The van der Waals surface area contributed by atoms with E-state index in [1.807, 2.05) is 44.2 Å². The lowest BCUT2D eigenvalue weighted by atomic mass is 10.2. The predicted octanol–water partition coefficient (Wildman–Crippen LogP) is 2.87. The zero-order chi connectivity index (χ0) is 19.8. The molecule has 0 bridgehead atoms. The average molecular weight is 384 g/mol. The molecule has 0 spiro atoms. The SMILES string of the molecule is CC(C)Oc1ccccc1NC(=O)c1cncc(NCCN2CCOCC2)c1. The van der Waals surface area contributed by atoms with Crippen molar-refractivity contribution < 1.29 is 14.3 Å². The van der Waals surface area contributed by atoms with Crippen molar-refractivity contribution in [1.82, 2.24) is 9.88 Å². The first-order valence-electron chi connectivity index (χ1n) is 9.68. The molecule has 0 atom stereocenters. The second-order valence-corrected chi connectivity index (χ2v) is 6.96. The highest BCUT2D eigenvalue weighted by Crippen LogP contribution is 2.25. The maximum Gasteiger partial charge on any atom is 0.257 e. The van der Waals surface area contributed by atoms with Crippen LogP contribution in [-0.2, 0) is 4.74 Å². The molecule has 1 aromatic carbocycles. The second-order valence-electron chi connectivity index (χ2n) is 6.96. The van der Waals surface area contributed by atoms with Crippen LogP contribution in [0.2, 0.25) is 0 Å². The summed E-state index contributed by atoms with van der Waals surface area (Å²) in [4.78, 5) is 19.2. The molecule has 7 heteroatoms. The zero-order valence-electron chi connectivity index (χ0n) is 16.5. The molecule has 1 fully saturated rings. The number of nitrogens with zero attached hydrogens (tertiary/aromatic N) is 2. The molecule has 0 radical (unpaired) electrons. The van der Waals surface area contributed by atoms with Gasteiger partial charge in [0.15, 0.2) is 0 Å². The van der Waals surface area contributed by atoms with Gasteiger partial charge in [0.25, 0.3) is 5.91 Å². The Morgan fingerprint density at radius 2 is 2.04 bits per heavy atom. The van der Waals surface area contributed by atoms with Crippen LogP contribution in [0.25, 0.3) is 0 Å². The summed E-state index contributed by atoms with van der Waals surface area (Å²) in [5.41, 5.74) is 1.97. The third kappa shape index (κ3) is 5.94. The van der Waals surface area contributed by atoms with E-state index < -0.39 is 0 Å². The number of rotatable bonds is 8. The van der Waals surface area contributed by atoms with Crippen LogP contribution in [0, 0.1) is 0 Å². The largest absolute Gasteiger partial charge is 0.489 e. The molecule has 2 aromatic rings. The highest BCUT2D eigenvalue weighted by Gasteiger charge is 2.12. The number of aromatic nitrogens is 1. The van der Waals surface area contributed by atoms with Crippen molar-refractivity contribution in [3.05, 3.63) is 48.3 Å². The van der Waals surface area contributed by atoms with Crippen LogP contribution in [-0.4, -0.2) is 61.3 Å². The molecule has 0 unspecified atom stereocenters. The molecule has 7 nitrogen and oxygen atoms in total. The third-order valence-electron chi connectivity index (χ3n) is 4.36. The van der Waals surface area contributed by atoms with Crippen LogP contribution in [0.1, 0.15) is 24.2 Å². The standard InChI is InChI=1S/C21H28N4O3/c1-16(2)28-20-6-4-3-5-19(20)24-21(26)17-13-18(15-22-14-17)23-7-8-25-9-11-27-12-10-25/h3-6,13-16,23H,7-12H2,1-2H3,(H,24,26). The normalized spacial score (nSPS) is 14.7. The van der Waals surface area contributed by atoms with Crippen molar-refractivity contribution in [2.75, 3.05) is 50.0 Å². The first-order chi connectivity index (χ1) is 13.6. The van der Waals surface area contributed by atoms with E-state index in [-0.39, 0.29) is 12.0 Å². The molecule has 1 amide bonds. The Hall–Kier alpha value is -2.64. The summed E-state index contributed by atoms with van der Waals surface area (Å²) in [5.74, 6) is 0.433. The summed E-state index contributed by atoms with van der Waals surface area (Å²) in [6.07, 6.45) is 3.32. The van der Waals surface area contributed by atoms with E-state index in [2.05, 4.69) is 20.5 Å². The highest BCUT2D eigenvalue weighted by molar-refractivity contribution is 6.05. The van der Waals surface area contributed by atoms with Crippen LogP contribution in [0.4, 0.5) is 11.4 Å². The minimum absolute atomic E-state index is 0.0266. The van der Waals surface area contributed by atoms with Gasteiger partial charge < -0.3 is 20.1 Å². The molecule has 2 heterocycles. The van der Waals surface area contributed by atoms with Crippen molar-refractivity contribution in [3.8, 4) is 5.75 Å². The van der Waals surface area contributed by atoms with Crippen molar-refractivity contribution in [3.63, 3.8) is 0 Å². The Balaban J connectivity index is 1.58. The first-order valence-corrected chi connectivity index (χ1v) is 9.68. The monoisotopic (exact) mass is 384 g/mol. The van der Waals surface area contributed by atoms with Crippen LogP contribution in [0.5, 0.6) is 5.75 Å². The lowest BCUT2D eigenvalue weighted by Gasteiger charge is -2.26. The number of anilines is 2. The Bertz CT molecular complexity index is 776. The molecular weight excluding hydrogens is 356 g/mol. The van der Waals surface area contributed by atoms with Gasteiger partial charge in [-0.05, 0) is 32.0 Å². The molecule has 0 aliphatic carbocycles. The number of ether oxygens (including phenoxy) is 2. The molecule has 3 rings (SSSR count). The summed E-state index contributed by atoms with van der Waals surface area (Å²) in [7, 11) is 0. The molecular formula is C21H28N4O3. The smallest absolute Gasteiger partial charge is 0.257 e. The van der Waals surface area contributed by atoms with Crippen molar-refractivity contribution >= 4 is 17.3 Å². The number of pyridine rings is 1. The van der Waals surface area contributed by atoms with E-state index in [4.69, 9.17) is 9.47 Å². The Labute approximate surface area is 166 Å². The quantitative estimate of drug-likeness (QED) is 0.729. The number of carbonyl (C=O) groups excluding carboxylic acids is 1. The van der Waals surface area contributed by atoms with E-state index >= 15 is 0 Å². The number of benzene rings is 1. The fourth-order valence-corrected chi connectivity index (χ4v) is 2.97. The molecule has 150 valence electrons. The van der Waals surface area contributed by atoms with Crippen molar-refractivity contribution in [2.45, 2.75) is 20.0 Å². The van der Waals surface area contributed by atoms with Crippen molar-refractivity contribution in [1.29, 1.82) is 0 Å². The van der Waals surface area contributed by atoms with Crippen LogP contribution in [0.3, 0.4) is 0 Å². The molecule has 28 heavy (non-hydrogen) atoms. The van der Waals surface area contributed by atoms with E-state index in [9.17, 15) is 4.79 Å². The van der Waals surface area contributed by atoms with E-state index in [0.717, 1.165) is 45.1 Å². The summed E-state index contributed by atoms with van der Waals surface area (Å²) < 4.78 is 11.1. The van der Waals surface area contributed by atoms with Gasteiger partial charge in [-0.1, -0.05) is 12.1 Å². The summed E-state index contributed by atoms with van der Waals surface area (Å²) in [5, 5.41) is 6.25. The van der Waals surface area contributed by atoms with E-state index in [0.29, 0.717) is 17.0 Å². The molecule has 1 saturated heterocycles. The number of amides is 1. The first kappa shape index (κ1) is 20.1. The summed E-state index contributed by atoms with van der Waals surface area (Å²) in [6, 6.07) is 9.23.